The van der Waals surface area contributed by atoms with Gasteiger partial charge in [0, 0.05) is 16.2 Å². The Morgan fingerprint density at radius 3 is 2.73 bits per heavy atom. The second kappa shape index (κ2) is 10.8. The number of carbonyl (C=O) groups is 1. The lowest BCUT2D eigenvalue weighted by Gasteiger charge is -2.05. The molecule has 156 valence electrons. The molecule has 0 radical (unpaired) electrons. The Hall–Kier alpha value is -2.83. The zero-order chi connectivity index (χ0) is 21.3. The molecule has 0 unspecified atom stereocenters. The van der Waals surface area contributed by atoms with E-state index < -0.39 is 5.91 Å². The van der Waals surface area contributed by atoms with E-state index in [9.17, 15) is 4.79 Å². The van der Waals surface area contributed by atoms with Crippen molar-refractivity contribution in [2.24, 2.45) is 5.10 Å². The van der Waals surface area contributed by atoms with Gasteiger partial charge in [-0.05, 0) is 60.0 Å². The number of hydrogen-bond acceptors (Lipinski definition) is 4. The first-order valence-electron chi connectivity index (χ1n) is 9.59. The first-order valence-corrected chi connectivity index (χ1v) is 10.3. The van der Waals surface area contributed by atoms with Crippen molar-refractivity contribution >= 4 is 35.3 Å². The van der Waals surface area contributed by atoms with Crippen LogP contribution in [0, 0.1) is 0 Å². The Labute approximate surface area is 185 Å². The van der Waals surface area contributed by atoms with Gasteiger partial charge >= 0.3 is 0 Å². The number of hydrogen-bond donors (Lipinski definition) is 1. The summed E-state index contributed by atoms with van der Waals surface area (Å²) in [6.07, 6.45) is 5.40. The molecular weight excluding hydrogens is 423 g/mol. The highest BCUT2D eigenvalue weighted by molar-refractivity contribution is 6.35. The molecule has 1 heterocycles. The number of rotatable bonds is 9. The zero-order valence-electron chi connectivity index (χ0n) is 16.5. The molecule has 3 aromatic rings. The molecule has 8 heteroatoms. The molecule has 0 atom stereocenters. The number of unbranched alkanes of at least 4 members (excludes halogenated alkanes) is 1. The van der Waals surface area contributed by atoms with E-state index in [1.165, 1.54) is 0 Å². The highest BCUT2D eigenvalue weighted by Gasteiger charge is 2.10. The fraction of sp³-hybridized carbons (Fsp3) is 0.227. The molecule has 6 nitrogen and oxygen atoms in total. The van der Waals surface area contributed by atoms with Crippen molar-refractivity contribution in [3.8, 4) is 5.75 Å². The van der Waals surface area contributed by atoms with Gasteiger partial charge < -0.3 is 4.74 Å². The SMILES string of the molecule is CCCCOc1ccc(/C=N\NC(=O)c2ccn(Cc3ccc(Cl)cc3Cl)n2)cc1. The van der Waals surface area contributed by atoms with Crippen LogP contribution in [0.25, 0.3) is 0 Å². The van der Waals surface area contributed by atoms with Crippen LogP contribution in [0.1, 0.15) is 41.4 Å². The molecule has 1 N–H and O–H groups in total. The third kappa shape index (κ3) is 6.34. The Kier molecular flexibility index (Phi) is 7.88. The van der Waals surface area contributed by atoms with Crippen LogP contribution >= 0.6 is 23.2 Å². The summed E-state index contributed by atoms with van der Waals surface area (Å²) in [6, 6.07) is 14.4. The topological polar surface area (TPSA) is 68.5 Å². The Balaban J connectivity index is 1.52. The van der Waals surface area contributed by atoms with E-state index >= 15 is 0 Å². The largest absolute Gasteiger partial charge is 0.494 e. The molecule has 2 aromatic carbocycles. The molecule has 0 aliphatic rings. The summed E-state index contributed by atoms with van der Waals surface area (Å²) < 4.78 is 7.25. The summed E-state index contributed by atoms with van der Waals surface area (Å²) in [5.41, 5.74) is 4.45. The normalized spacial score (nSPS) is 11.0. The van der Waals surface area contributed by atoms with Crippen molar-refractivity contribution in [1.29, 1.82) is 0 Å². The fourth-order valence-corrected chi connectivity index (χ4v) is 3.07. The quantitative estimate of drug-likeness (QED) is 0.280. The van der Waals surface area contributed by atoms with Gasteiger partial charge in [-0.25, -0.2) is 5.43 Å². The summed E-state index contributed by atoms with van der Waals surface area (Å²) in [5.74, 6) is 0.419. The third-order valence-electron chi connectivity index (χ3n) is 4.25. The molecule has 3 rings (SSSR count). The minimum absolute atomic E-state index is 0.261. The molecule has 0 spiro atoms. The Morgan fingerprint density at radius 2 is 2.00 bits per heavy atom. The first-order chi connectivity index (χ1) is 14.5. The van der Waals surface area contributed by atoms with Crippen molar-refractivity contribution in [3.63, 3.8) is 0 Å². The molecule has 30 heavy (non-hydrogen) atoms. The Bertz CT molecular complexity index is 1020. The highest BCUT2D eigenvalue weighted by Crippen LogP contribution is 2.21. The lowest BCUT2D eigenvalue weighted by molar-refractivity contribution is 0.0949. The summed E-state index contributed by atoms with van der Waals surface area (Å²) >= 11 is 12.1. The van der Waals surface area contributed by atoms with Gasteiger partial charge in [0.05, 0.1) is 19.4 Å². The third-order valence-corrected chi connectivity index (χ3v) is 4.83. The van der Waals surface area contributed by atoms with Gasteiger partial charge in [-0.1, -0.05) is 42.6 Å². The van der Waals surface area contributed by atoms with Gasteiger partial charge in [-0.15, -0.1) is 0 Å². The number of hydrazone groups is 1. The predicted molar refractivity (Wildman–Crippen MR) is 120 cm³/mol. The minimum atomic E-state index is -0.397. The molecule has 0 aliphatic heterocycles. The van der Waals surface area contributed by atoms with E-state index in [1.807, 2.05) is 30.3 Å². The smallest absolute Gasteiger partial charge is 0.291 e. The molecule has 0 saturated heterocycles. The lowest BCUT2D eigenvalue weighted by Crippen LogP contribution is -2.18. The second-order valence-electron chi connectivity index (χ2n) is 6.60. The van der Waals surface area contributed by atoms with Crippen LogP contribution in [0.4, 0.5) is 0 Å². The average molecular weight is 445 g/mol. The minimum Gasteiger partial charge on any atom is -0.494 e. The number of carbonyl (C=O) groups excluding carboxylic acids is 1. The fourth-order valence-electron chi connectivity index (χ4n) is 2.60. The van der Waals surface area contributed by atoms with E-state index in [0.29, 0.717) is 23.2 Å². The van der Waals surface area contributed by atoms with Crippen LogP contribution in [-0.4, -0.2) is 28.5 Å². The van der Waals surface area contributed by atoms with Gasteiger partial charge in [0.2, 0.25) is 0 Å². The molecule has 0 fully saturated rings. The van der Waals surface area contributed by atoms with Crippen LogP contribution in [0.3, 0.4) is 0 Å². The van der Waals surface area contributed by atoms with Gasteiger partial charge in [-0.2, -0.15) is 10.2 Å². The molecular formula is C22H22Cl2N4O2. The van der Waals surface area contributed by atoms with Gasteiger partial charge in [-0.3, -0.25) is 9.48 Å². The highest BCUT2D eigenvalue weighted by atomic mass is 35.5. The van der Waals surface area contributed by atoms with Crippen molar-refractivity contribution in [3.05, 3.63) is 81.6 Å². The van der Waals surface area contributed by atoms with Crippen LogP contribution in [-0.2, 0) is 6.54 Å². The average Bonchev–Trinajstić information content (AvgIpc) is 3.20. The van der Waals surface area contributed by atoms with E-state index in [2.05, 4.69) is 22.5 Å². The van der Waals surface area contributed by atoms with Crippen LogP contribution < -0.4 is 10.2 Å². The number of nitrogens with one attached hydrogen (secondary N) is 1. The van der Waals surface area contributed by atoms with Crippen LogP contribution in [0.15, 0.2) is 59.8 Å². The van der Waals surface area contributed by atoms with E-state index in [0.717, 1.165) is 29.7 Å². The van der Waals surface area contributed by atoms with Crippen molar-refractivity contribution < 1.29 is 9.53 Å². The van der Waals surface area contributed by atoms with Crippen molar-refractivity contribution in [2.45, 2.75) is 26.3 Å². The summed E-state index contributed by atoms with van der Waals surface area (Å²) in [6.45, 7) is 3.26. The number of aromatic nitrogens is 2. The Morgan fingerprint density at radius 1 is 1.20 bits per heavy atom. The molecule has 1 aromatic heterocycles. The zero-order valence-corrected chi connectivity index (χ0v) is 18.0. The molecule has 0 aliphatic carbocycles. The number of halogens is 2. The molecule has 0 bridgehead atoms. The number of benzene rings is 2. The molecule has 1 amide bonds. The van der Waals surface area contributed by atoms with Crippen LogP contribution in [0.2, 0.25) is 10.0 Å². The van der Waals surface area contributed by atoms with Crippen LogP contribution in [0.5, 0.6) is 5.75 Å². The van der Waals surface area contributed by atoms with Gasteiger partial charge in [0.1, 0.15) is 5.75 Å². The number of ether oxygens (including phenoxy) is 1. The number of nitrogens with zero attached hydrogens (tertiary/aromatic N) is 3. The molecule has 0 saturated carbocycles. The van der Waals surface area contributed by atoms with E-state index in [-0.39, 0.29) is 5.69 Å². The number of amides is 1. The van der Waals surface area contributed by atoms with Crippen molar-refractivity contribution in [1.82, 2.24) is 15.2 Å². The maximum atomic E-state index is 12.2. The summed E-state index contributed by atoms with van der Waals surface area (Å²) in [5, 5.41) is 9.38. The monoisotopic (exact) mass is 444 g/mol. The predicted octanol–water partition coefficient (Wildman–Crippen LogP) is 5.18. The second-order valence-corrected chi connectivity index (χ2v) is 7.45. The maximum Gasteiger partial charge on any atom is 0.291 e. The lowest BCUT2D eigenvalue weighted by atomic mass is 10.2. The summed E-state index contributed by atoms with van der Waals surface area (Å²) in [7, 11) is 0. The summed E-state index contributed by atoms with van der Waals surface area (Å²) in [4.78, 5) is 12.2. The van der Waals surface area contributed by atoms with E-state index in [1.54, 1.807) is 35.3 Å². The van der Waals surface area contributed by atoms with E-state index in [4.69, 9.17) is 27.9 Å². The maximum absolute atomic E-state index is 12.2. The van der Waals surface area contributed by atoms with Gasteiger partial charge in [0.15, 0.2) is 5.69 Å². The van der Waals surface area contributed by atoms with Gasteiger partial charge in [0.25, 0.3) is 5.91 Å². The first kappa shape index (κ1) is 21.9. The van der Waals surface area contributed by atoms with Crippen molar-refractivity contribution in [2.75, 3.05) is 6.61 Å². The standard InChI is InChI=1S/C22H22Cl2N4O2/c1-2-3-12-30-19-8-4-16(5-9-19)14-25-26-22(29)21-10-11-28(27-21)15-17-6-7-18(23)13-20(17)24/h4-11,13-14H,2-3,12,15H2,1H3,(H,26,29)/b25-14-.